The van der Waals surface area contributed by atoms with Crippen LogP contribution >= 0.6 is 7.92 Å². The van der Waals surface area contributed by atoms with Crippen LogP contribution in [-0.4, -0.2) is 19.1 Å². The zero-order chi connectivity index (χ0) is 8.85. The third-order valence-electron chi connectivity index (χ3n) is 1.27. The van der Waals surface area contributed by atoms with E-state index in [2.05, 4.69) is 10.4 Å². The normalized spacial score (nSPS) is 14.5. The molecule has 0 spiro atoms. The Morgan fingerprint density at radius 3 is 2.64 bits per heavy atom. The third kappa shape index (κ3) is 3.38. The van der Waals surface area contributed by atoms with Crippen LogP contribution in [0.1, 0.15) is 6.92 Å². The van der Waals surface area contributed by atoms with Gasteiger partial charge in [0.2, 0.25) is 0 Å². The van der Waals surface area contributed by atoms with E-state index >= 15 is 0 Å². The molecule has 0 radical (unpaired) electrons. The number of carbonyl (C=O) groups excluding carboxylic acids is 1. The summed E-state index contributed by atoms with van der Waals surface area (Å²) in [5, 5.41) is 0. The van der Waals surface area contributed by atoms with Gasteiger partial charge in [-0.2, -0.15) is 0 Å². The summed E-state index contributed by atoms with van der Waals surface area (Å²) in [5.41, 5.74) is 7.83. The van der Waals surface area contributed by atoms with E-state index in [1.807, 2.05) is 0 Å². The second-order valence-corrected chi connectivity index (χ2v) is 2.50. The van der Waals surface area contributed by atoms with E-state index < -0.39 is 12.0 Å². The Hall–Kier alpha value is -0.560. The molecule has 11 heavy (non-hydrogen) atoms. The molecule has 0 saturated heterocycles. The SMILES string of the molecule is COC(=O)C(N)C(C)C#P=O. The zero-order valence-corrected chi connectivity index (χ0v) is 7.30. The van der Waals surface area contributed by atoms with Gasteiger partial charge < -0.3 is 0 Å². The zero-order valence-electron chi connectivity index (χ0n) is 6.40. The Kier molecular flexibility index (Phi) is 4.88. The van der Waals surface area contributed by atoms with Crippen molar-refractivity contribution in [1.82, 2.24) is 0 Å². The van der Waals surface area contributed by atoms with Crippen molar-refractivity contribution in [2.45, 2.75) is 13.0 Å². The molecule has 0 amide bonds. The predicted octanol–water partition coefficient (Wildman–Crippen LogP) is 0.374. The number of hydrogen-bond acceptors (Lipinski definition) is 4. The molecule has 2 unspecified atom stereocenters. The molecule has 2 N–H and O–H groups in total. The Bertz CT molecular complexity index is 233. The predicted molar refractivity (Wildman–Crippen MR) is 40.6 cm³/mol. The average Bonchev–Trinajstić information content (AvgIpc) is 2.02. The Morgan fingerprint density at radius 2 is 2.27 bits per heavy atom. The molecule has 0 aliphatic rings. The van der Waals surface area contributed by atoms with Crippen LogP contribution in [0.3, 0.4) is 0 Å². The van der Waals surface area contributed by atoms with Gasteiger partial charge in [-0.05, 0) is 0 Å². The van der Waals surface area contributed by atoms with Crippen molar-refractivity contribution >= 4 is 13.9 Å². The summed E-state index contributed by atoms with van der Waals surface area (Å²) in [7, 11) is 1.01. The van der Waals surface area contributed by atoms with E-state index in [0.29, 0.717) is 0 Å². The minimum atomic E-state index is -0.776. The van der Waals surface area contributed by atoms with Gasteiger partial charge in [0.05, 0.1) is 0 Å². The van der Waals surface area contributed by atoms with Gasteiger partial charge in [-0.1, -0.05) is 0 Å². The van der Waals surface area contributed by atoms with Gasteiger partial charge in [-0.15, -0.1) is 0 Å². The van der Waals surface area contributed by atoms with Crippen molar-refractivity contribution in [2.24, 2.45) is 11.7 Å². The molecule has 0 aromatic rings. The van der Waals surface area contributed by atoms with Crippen LogP contribution in [0.5, 0.6) is 0 Å². The molecule has 4 nitrogen and oxygen atoms in total. The molecule has 0 aliphatic heterocycles. The molecule has 0 aromatic carbocycles. The van der Waals surface area contributed by atoms with Gasteiger partial charge >= 0.3 is 65.3 Å². The fraction of sp³-hybridized carbons (Fsp3) is 0.667. The van der Waals surface area contributed by atoms with Crippen LogP contribution in [0.2, 0.25) is 0 Å². The molecule has 0 aromatic heterocycles. The molecule has 0 aliphatic carbocycles. The van der Waals surface area contributed by atoms with E-state index in [1.54, 1.807) is 6.92 Å². The van der Waals surface area contributed by atoms with Crippen LogP contribution in [-0.2, 0) is 14.1 Å². The number of carbonyl (C=O) groups is 1. The summed E-state index contributed by atoms with van der Waals surface area (Å²) in [6.45, 7) is 1.65. The molecule has 0 fully saturated rings. The first-order chi connectivity index (χ1) is 5.13. The minimum absolute atomic E-state index is 0.242. The van der Waals surface area contributed by atoms with Crippen molar-refractivity contribution in [3.63, 3.8) is 0 Å². The van der Waals surface area contributed by atoms with E-state index in [0.717, 1.165) is 0 Å². The monoisotopic (exact) mass is 175 g/mol. The van der Waals surface area contributed by atoms with Gasteiger partial charge in [0.25, 0.3) is 0 Å². The molecular formula is C6H10NO3P. The van der Waals surface area contributed by atoms with Crippen LogP contribution in [0.25, 0.3) is 0 Å². The molecule has 5 heteroatoms. The molecule has 2 atom stereocenters. The van der Waals surface area contributed by atoms with Crippen molar-refractivity contribution in [1.29, 1.82) is 0 Å². The van der Waals surface area contributed by atoms with Crippen LogP contribution < -0.4 is 5.73 Å². The van der Waals surface area contributed by atoms with Gasteiger partial charge in [0.15, 0.2) is 0 Å². The van der Waals surface area contributed by atoms with Gasteiger partial charge in [0.1, 0.15) is 0 Å². The number of rotatable bonds is 2. The first-order valence-corrected chi connectivity index (χ1v) is 3.86. The second kappa shape index (κ2) is 5.14. The first kappa shape index (κ1) is 10.4. The molecule has 0 rings (SSSR count). The maximum absolute atomic E-state index is 10.7. The van der Waals surface area contributed by atoms with Crippen molar-refractivity contribution < 1.29 is 14.1 Å². The maximum atomic E-state index is 10.7. The Morgan fingerprint density at radius 1 is 1.73 bits per heavy atom. The van der Waals surface area contributed by atoms with Crippen LogP contribution in [0.15, 0.2) is 0 Å². The Labute approximate surface area is 66.2 Å². The van der Waals surface area contributed by atoms with Crippen LogP contribution in [0.4, 0.5) is 0 Å². The topological polar surface area (TPSA) is 69.4 Å². The number of ether oxygens (including phenoxy) is 1. The van der Waals surface area contributed by atoms with Crippen molar-refractivity contribution in [2.75, 3.05) is 7.11 Å². The van der Waals surface area contributed by atoms with E-state index in [-0.39, 0.29) is 13.8 Å². The average molecular weight is 175 g/mol. The summed E-state index contributed by atoms with van der Waals surface area (Å²) in [6.07, 6.45) is 0. The third-order valence-corrected chi connectivity index (χ3v) is 1.78. The molecule has 0 heterocycles. The number of nitrogens with two attached hydrogens (primary N) is 1. The van der Waals surface area contributed by atoms with Gasteiger partial charge in [0, 0.05) is 0 Å². The summed E-state index contributed by atoms with van der Waals surface area (Å²) in [5.74, 6) is -0.879. The van der Waals surface area contributed by atoms with Crippen LogP contribution in [0, 0.1) is 11.5 Å². The molecule has 0 bridgehead atoms. The summed E-state index contributed by atoms with van der Waals surface area (Å²) >= 11 is 0. The first-order valence-electron chi connectivity index (χ1n) is 3.04. The molecule has 0 saturated carbocycles. The van der Waals surface area contributed by atoms with E-state index in [9.17, 15) is 9.36 Å². The van der Waals surface area contributed by atoms with E-state index in [4.69, 9.17) is 5.73 Å². The van der Waals surface area contributed by atoms with Crippen molar-refractivity contribution in [3.8, 4) is 5.63 Å². The standard InChI is InChI=1S/C6H10NO3P/c1-4(3-11-9)5(7)6(8)10-2/h4-5H,7H2,1-2H3. The fourth-order valence-electron chi connectivity index (χ4n) is 0.504. The number of hydrogen-bond donors (Lipinski definition) is 1. The van der Waals surface area contributed by atoms with Crippen molar-refractivity contribution in [3.05, 3.63) is 0 Å². The molecule has 62 valence electrons. The summed E-state index contributed by atoms with van der Waals surface area (Å²) in [6, 6.07) is -0.776. The fourth-order valence-corrected chi connectivity index (χ4v) is 0.831. The van der Waals surface area contributed by atoms with E-state index in [1.165, 1.54) is 7.11 Å². The van der Waals surface area contributed by atoms with Gasteiger partial charge in [-0.25, -0.2) is 0 Å². The van der Waals surface area contributed by atoms with Gasteiger partial charge in [-0.3, -0.25) is 0 Å². The Balaban J connectivity index is 4.19. The summed E-state index contributed by atoms with van der Waals surface area (Å²) < 4.78 is 14.4. The number of esters is 1. The second-order valence-electron chi connectivity index (χ2n) is 2.06. The quantitative estimate of drug-likeness (QED) is 0.486. The summed E-state index contributed by atoms with van der Waals surface area (Å²) in [4.78, 5) is 10.7. The molecular weight excluding hydrogens is 165 g/mol. The number of methoxy groups -OCH3 is 1.